The second-order valence-corrected chi connectivity index (χ2v) is 3.88. The Bertz CT molecular complexity index is 457. The van der Waals surface area contributed by atoms with Crippen LogP contribution in [0.25, 0.3) is 0 Å². The predicted molar refractivity (Wildman–Crippen MR) is 57.2 cm³/mol. The van der Waals surface area contributed by atoms with Gasteiger partial charge in [0, 0.05) is 24.6 Å². The van der Waals surface area contributed by atoms with E-state index < -0.39 is 0 Å². The van der Waals surface area contributed by atoms with Gasteiger partial charge in [0.1, 0.15) is 0 Å². The van der Waals surface area contributed by atoms with Gasteiger partial charge in [-0.2, -0.15) is 0 Å². The maximum atomic E-state index is 5.63. The Hall–Kier alpha value is -1.56. The highest BCUT2D eigenvalue weighted by molar-refractivity contribution is 7.98. The summed E-state index contributed by atoms with van der Waals surface area (Å²) in [7, 11) is 0. The summed E-state index contributed by atoms with van der Waals surface area (Å²) in [6.45, 7) is 1.76. The molecular formula is C9H10N4OS. The van der Waals surface area contributed by atoms with Gasteiger partial charge in [-0.15, -0.1) is 10.2 Å². The Morgan fingerprint density at radius 1 is 1.47 bits per heavy atom. The largest absolute Gasteiger partial charge is 0.416 e. The molecule has 0 spiro atoms. The molecule has 0 bridgehead atoms. The fraction of sp³-hybridized carbons (Fsp3) is 0.222. The SMILES string of the molecule is Cc1nnc(SCc2cc(N)ccn2)o1. The molecule has 78 valence electrons. The molecule has 6 heteroatoms. The van der Waals surface area contributed by atoms with Crippen molar-refractivity contribution in [2.75, 3.05) is 5.73 Å². The van der Waals surface area contributed by atoms with Gasteiger partial charge in [-0.25, -0.2) is 0 Å². The van der Waals surface area contributed by atoms with Crippen molar-refractivity contribution in [2.45, 2.75) is 17.9 Å². The van der Waals surface area contributed by atoms with Gasteiger partial charge in [0.15, 0.2) is 0 Å². The number of thioether (sulfide) groups is 1. The number of aromatic nitrogens is 3. The number of nitrogens with two attached hydrogens (primary N) is 1. The zero-order valence-electron chi connectivity index (χ0n) is 8.17. The smallest absolute Gasteiger partial charge is 0.276 e. The second kappa shape index (κ2) is 4.31. The molecule has 2 heterocycles. The molecule has 2 aromatic heterocycles. The summed E-state index contributed by atoms with van der Waals surface area (Å²) in [5.74, 6) is 1.24. The van der Waals surface area contributed by atoms with E-state index in [0.29, 0.717) is 22.6 Å². The molecule has 0 aliphatic carbocycles. The first-order chi connectivity index (χ1) is 7.24. The maximum Gasteiger partial charge on any atom is 0.276 e. The molecule has 0 atom stereocenters. The molecule has 0 aliphatic rings. The van der Waals surface area contributed by atoms with Gasteiger partial charge < -0.3 is 10.2 Å². The number of hydrogen-bond donors (Lipinski definition) is 1. The van der Waals surface area contributed by atoms with Crippen molar-refractivity contribution < 1.29 is 4.42 Å². The lowest BCUT2D eigenvalue weighted by Crippen LogP contribution is -1.90. The summed E-state index contributed by atoms with van der Waals surface area (Å²) in [6, 6.07) is 3.58. The lowest BCUT2D eigenvalue weighted by molar-refractivity contribution is 0.429. The van der Waals surface area contributed by atoms with Crippen molar-refractivity contribution in [2.24, 2.45) is 0 Å². The summed E-state index contributed by atoms with van der Waals surface area (Å²) < 4.78 is 5.22. The second-order valence-electron chi connectivity index (χ2n) is 2.96. The van der Waals surface area contributed by atoms with Gasteiger partial charge in [-0.1, -0.05) is 11.8 Å². The summed E-state index contributed by atoms with van der Waals surface area (Å²) >= 11 is 1.44. The third-order valence-electron chi connectivity index (χ3n) is 1.69. The van der Waals surface area contributed by atoms with Crippen LogP contribution in [0.4, 0.5) is 5.69 Å². The van der Waals surface area contributed by atoms with Crippen LogP contribution >= 0.6 is 11.8 Å². The van der Waals surface area contributed by atoms with E-state index in [-0.39, 0.29) is 0 Å². The van der Waals surface area contributed by atoms with Crippen molar-refractivity contribution in [1.82, 2.24) is 15.2 Å². The molecule has 0 saturated heterocycles. The zero-order valence-corrected chi connectivity index (χ0v) is 8.99. The van der Waals surface area contributed by atoms with E-state index in [9.17, 15) is 0 Å². The molecule has 2 aromatic rings. The number of anilines is 1. The fourth-order valence-corrected chi connectivity index (χ4v) is 1.76. The van der Waals surface area contributed by atoms with E-state index in [4.69, 9.17) is 10.2 Å². The van der Waals surface area contributed by atoms with Crippen LogP contribution in [0, 0.1) is 6.92 Å². The average molecular weight is 222 g/mol. The van der Waals surface area contributed by atoms with Crippen LogP contribution in [0.15, 0.2) is 28.0 Å². The van der Waals surface area contributed by atoms with Crippen LogP contribution in [0.2, 0.25) is 0 Å². The van der Waals surface area contributed by atoms with Crippen molar-refractivity contribution >= 4 is 17.4 Å². The third kappa shape index (κ3) is 2.69. The average Bonchev–Trinajstić information content (AvgIpc) is 2.62. The Labute approximate surface area is 91.1 Å². The summed E-state index contributed by atoms with van der Waals surface area (Å²) in [6.07, 6.45) is 1.68. The Kier molecular flexibility index (Phi) is 2.86. The van der Waals surface area contributed by atoms with Crippen LogP contribution in [0.3, 0.4) is 0 Å². The molecule has 0 radical (unpaired) electrons. The first-order valence-electron chi connectivity index (χ1n) is 4.37. The summed E-state index contributed by atoms with van der Waals surface area (Å²) in [4.78, 5) is 4.17. The number of pyridine rings is 1. The van der Waals surface area contributed by atoms with Crippen LogP contribution in [0.5, 0.6) is 0 Å². The monoisotopic (exact) mass is 222 g/mol. The van der Waals surface area contributed by atoms with E-state index in [1.165, 1.54) is 11.8 Å². The molecule has 0 aliphatic heterocycles. The van der Waals surface area contributed by atoms with E-state index in [1.54, 1.807) is 19.2 Å². The van der Waals surface area contributed by atoms with Crippen molar-refractivity contribution in [3.8, 4) is 0 Å². The summed E-state index contributed by atoms with van der Waals surface area (Å²) in [5, 5.41) is 8.16. The van der Waals surface area contributed by atoms with Gasteiger partial charge >= 0.3 is 0 Å². The standard InChI is InChI=1S/C9H10N4OS/c1-6-12-13-9(14-6)15-5-8-4-7(10)2-3-11-8/h2-4H,5H2,1H3,(H2,10,11). The molecular weight excluding hydrogens is 212 g/mol. The minimum atomic E-state index is 0.553. The maximum absolute atomic E-state index is 5.63. The Balaban J connectivity index is 1.99. The predicted octanol–water partition coefficient (Wildman–Crippen LogP) is 1.65. The van der Waals surface area contributed by atoms with E-state index in [0.717, 1.165) is 5.69 Å². The Morgan fingerprint density at radius 3 is 3.00 bits per heavy atom. The highest BCUT2D eigenvalue weighted by atomic mass is 32.2. The van der Waals surface area contributed by atoms with Gasteiger partial charge in [0.25, 0.3) is 5.22 Å². The molecule has 0 fully saturated rings. The zero-order chi connectivity index (χ0) is 10.7. The lowest BCUT2D eigenvalue weighted by atomic mass is 10.3. The number of rotatable bonds is 3. The minimum Gasteiger partial charge on any atom is -0.416 e. The van der Waals surface area contributed by atoms with Gasteiger partial charge in [0.05, 0.1) is 5.69 Å². The third-order valence-corrected chi connectivity index (χ3v) is 2.54. The molecule has 2 N–H and O–H groups in total. The fourth-order valence-electron chi connectivity index (χ4n) is 1.05. The van der Waals surface area contributed by atoms with Crippen molar-refractivity contribution in [1.29, 1.82) is 0 Å². The lowest BCUT2D eigenvalue weighted by Gasteiger charge is -1.98. The van der Waals surface area contributed by atoms with E-state index >= 15 is 0 Å². The summed E-state index contributed by atoms with van der Waals surface area (Å²) in [5.41, 5.74) is 7.24. The van der Waals surface area contributed by atoms with Crippen LogP contribution in [-0.2, 0) is 5.75 Å². The first-order valence-corrected chi connectivity index (χ1v) is 5.36. The first kappa shape index (κ1) is 9.97. The number of nitrogen functional groups attached to an aromatic ring is 1. The molecule has 5 nitrogen and oxygen atoms in total. The highest BCUT2D eigenvalue weighted by Gasteiger charge is 2.04. The van der Waals surface area contributed by atoms with E-state index in [1.807, 2.05) is 6.07 Å². The van der Waals surface area contributed by atoms with E-state index in [2.05, 4.69) is 15.2 Å². The molecule has 0 aromatic carbocycles. The Morgan fingerprint density at radius 2 is 2.33 bits per heavy atom. The van der Waals surface area contributed by atoms with Crippen LogP contribution in [0.1, 0.15) is 11.6 Å². The normalized spacial score (nSPS) is 10.5. The van der Waals surface area contributed by atoms with Crippen LogP contribution in [-0.4, -0.2) is 15.2 Å². The van der Waals surface area contributed by atoms with Crippen LogP contribution < -0.4 is 5.73 Å². The molecule has 0 saturated carbocycles. The number of nitrogens with zero attached hydrogens (tertiary/aromatic N) is 3. The number of aryl methyl sites for hydroxylation is 1. The van der Waals surface area contributed by atoms with Gasteiger partial charge in [-0.05, 0) is 12.1 Å². The molecule has 15 heavy (non-hydrogen) atoms. The number of hydrogen-bond acceptors (Lipinski definition) is 6. The van der Waals surface area contributed by atoms with Gasteiger partial charge in [0.2, 0.25) is 5.89 Å². The quantitative estimate of drug-likeness (QED) is 0.795. The van der Waals surface area contributed by atoms with Crippen molar-refractivity contribution in [3.05, 3.63) is 29.9 Å². The molecule has 0 unspecified atom stereocenters. The minimum absolute atomic E-state index is 0.553. The molecule has 2 rings (SSSR count). The van der Waals surface area contributed by atoms with Crippen molar-refractivity contribution in [3.63, 3.8) is 0 Å². The topological polar surface area (TPSA) is 77.8 Å². The van der Waals surface area contributed by atoms with Gasteiger partial charge in [-0.3, -0.25) is 4.98 Å². The molecule has 0 amide bonds. The highest BCUT2D eigenvalue weighted by Crippen LogP contribution is 2.20.